The molecule has 0 radical (unpaired) electrons. The second-order valence-electron chi connectivity index (χ2n) is 4.61. The Balaban J connectivity index is 1.84. The highest BCUT2D eigenvalue weighted by Crippen LogP contribution is 2.05. The Hall–Kier alpha value is 0.170. The van der Waals surface area contributed by atoms with Crippen LogP contribution < -0.4 is 5.32 Å². The van der Waals surface area contributed by atoms with Gasteiger partial charge >= 0.3 is 0 Å². The molecule has 0 aliphatic carbocycles. The van der Waals surface area contributed by atoms with Gasteiger partial charge in [-0.2, -0.15) is 0 Å². The van der Waals surface area contributed by atoms with Crippen molar-refractivity contribution in [2.24, 2.45) is 5.92 Å². The molecule has 1 heterocycles. The van der Waals surface area contributed by atoms with Gasteiger partial charge in [0.05, 0.1) is 13.2 Å². The summed E-state index contributed by atoms with van der Waals surface area (Å²) < 4.78 is 5.31. The third kappa shape index (κ3) is 6.69. The molecule has 1 atom stereocenters. The molecule has 0 aromatic heterocycles. The third-order valence-corrected chi connectivity index (χ3v) is 3.55. The van der Waals surface area contributed by atoms with E-state index in [0.717, 1.165) is 51.8 Å². The molecule has 1 rings (SSSR count). The van der Waals surface area contributed by atoms with Gasteiger partial charge in [0.2, 0.25) is 0 Å². The van der Waals surface area contributed by atoms with Crippen molar-refractivity contribution in [1.82, 2.24) is 10.2 Å². The maximum Gasteiger partial charge on any atom is 0.0594 e. The van der Waals surface area contributed by atoms with Gasteiger partial charge in [-0.1, -0.05) is 6.92 Å². The van der Waals surface area contributed by atoms with Crippen LogP contribution >= 0.6 is 11.6 Å². The van der Waals surface area contributed by atoms with Crippen molar-refractivity contribution >= 4 is 11.6 Å². The minimum Gasteiger partial charge on any atom is -0.379 e. The summed E-state index contributed by atoms with van der Waals surface area (Å²) in [6, 6.07) is 0. The average molecular weight is 249 g/mol. The molecule has 1 N–H and O–H groups in total. The van der Waals surface area contributed by atoms with Crippen molar-refractivity contribution in [2.75, 3.05) is 51.8 Å². The second kappa shape index (κ2) is 9.23. The van der Waals surface area contributed by atoms with Crippen molar-refractivity contribution in [2.45, 2.75) is 19.8 Å². The number of nitrogens with one attached hydrogen (secondary N) is 1. The van der Waals surface area contributed by atoms with Gasteiger partial charge in [0.15, 0.2) is 0 Å². The third-order valence-electron chi connectivity index (χ3n) is 3.02. The molecule has 0 bridgehead atoms. The van der Waals surface area contributed by atoms with Crippen LogP contribution in [0.2, 0.25) is 0 Å². The van der Waals surface area contributed by atoms with E-state index in [1.165, 1.54) is 12.8 Å². The highest BCUT2D eigenvalue weighted by molar-refractivity contribution is 6.18. The van der Waals surface area contributed by atoms with Crippen LogP contribution in [0.25, 0.3) is 0 Å². The molecule has 96 valence electrons. The summed E-state index contributed by atoms with van der Waals surface area (Å²) >= 11 is 5.75. The fraction of sp³-hybridized carbons (Fsp3) is 1.00. The average Bonchev–Trinajstić information content (AvgIpc) is 2.34. The topological polar surface area (TPSA) is 24.5 Å². The van der Waals surface area contributed by atoms with Crippen LogP contribution in [0.15, 0.2) is 0 Å². The normalized spacial score (nSPS) is 19.9. The summed E-state index contributed by atoms with van der Waals surface area (Å²) in [6.07, 6.45) is 2.46. The van der Waals surface area contributed by atoms with Crippen LogP contribution in [0.5, 0.6) is 0 Å². The standard InChI is InChI=1S/C12H25ClN2O/c1-12(11-13)3-2-4-14-5-6-15-7-9-16-10-8-15/h12,14H,2-11H2,1H3. The minimum atomic E-state index is 0.655. The minimum absolute atomic E-state index is 0.655. The molecule has 0 aromatic carbocycles. The van der Waals surface area contributed by atoms with Gasteiger partial charge in [-0.3, -0.25) is 4.90 Å². The molecule has 1 unspecified atom stereocenters. The SMILES string of the molecule is CC(CCl)CCCNCCN1CCOCC1. The first-order valence-corrected chi connectivity index (χ1v) is 6.93. The zero-order valence-electron chi connectivity index (χ0n) is 10.4. The Morgan fingerprint density at radius 1 is 1.31 bits per heavy atom. The highest BCUT2D eigenvalue weighted by atomic mass is 35.5. The fourth-order valence-electron chi connectivity index (χ4n) is 1.84. The van der Waals surface area contributed by atoms with Crippen molar-refractivity contribution in [3.05, 3.63) is 0 Å². The van der Waals surface area contributed by atoms with E-state index in [-0.39, 0.29) is 0 Å². The summed E-state index contributed by atoms with van der Waals surface area (Å²) in [7, 11) is 0. The van der Waals surface area contributed by atoms with Crippen LogP contribution in [0.1, 0.15) is 19.8 Å². The van der Waals surface area contributed by atoms with E-state index in [1.54, 1.807) is 0 Å². The molecule has 0 spiro atoms. The highest BCUT2D eigenvalue weighted by Gasteiger charge is 2.08. The number of hydrogen-bond acceptors (Lipinski definition) is 3. The number of rotatable bonds is 8. The molecule has 0 amide bonds. The van der Waals surface area contributed by atoms with Gasteiger partial charge < -0.3 is 10.1 Å². The molecule has 1 aliphatic heterocycles. The molecule has 4 heteroatoms. The number of ether oxygens (including phenoxy) is 1. The quantitative estimate of drug-likeness (QED) is 0.521. The lowest BCUT2D eigenvalue weighted by molar-refractivity contribution is 0.0384. The summed E-state index contributed by atoms with van der Waals surface area (Å²) in [4.78, 5) is 2.46. The first-order valence-electron chi connectivity index (χ1n) is 6.39. The van der Waals surface area contributed by atoms with Crippen LogP contribution in [0.3, 0.4) is 0 Å². The van der Waals surface area contributed by atoms with Crippen molar-refractivity contribution < 1.29 is 4.74 Å². The van der Waals surface area contributed by atoms with Crippen LogP contribution in [0.4, 0.5) is 0 Å². The van der Waals surface area contributed by atoms with Gasteiger partial charge in [-0.15, -0.1) is 11.6 Å². The molecular weight excluding hydrogens is 224 g/mol. The van der Waals surface area contributed by atoms with E-state index in [0.29, 0.717) is 5.92 Å². The summed E-state index contributed by atoms with van der Waals surface area (Å²) in [5.41, 5.74) is 0. The predicted octanol–water partition coefficient (Wildman–Crippen LogP) is 1.56. The smallest absolute Gasteiger partial charge is 0.0594 e. The molecule has 1 saturated heterocycles. The van der Waals surface area contributed by atoms with E-state index in [9.17, 15) is 0 Å². The Kier molecular flexibility index (Phi) is 8.21. The van der Waals surface area contributed by atoms with E-state index < -0.39 is 0 Å². The fourth-order valence-corrected chi connectivity index (χ4v) is 1.99. The number of alkyl halides is 1. The Morgan fingerprint density at radius 3 is 2.75 bits per heavy atom. The zero-order chi connectivity index (χ0) is 11.6. The first kappa shape index (κ1) is 14.2. The Bertz CT molecular complexity index is 163. The molecular formula is C12H25ClN2O. The molecule has 0 aromatic rings. The van der Waals surface area contributed by atoms with Gasteiger partial charge in [-0.05, 0) is 25.3 Å². The number of hydrogen-bond donors (Lipinski definition) is 1. The first-order chi connectivity index (χ1) is 7.83. The summed E-state index contributed by atoms with van der Waals surface area (Å²) in [5.74, 6) is 1.44. The largest absolute Gasteiger partial charge is 0.379 e. The lowest BCUT2D eigenvalue weighted by atomic mass is 10.1. The zero-order valence-corrected chi connectivity index (χ0v) is 11.1. The van der Waals surface area contributed by atoms with Crippen molar-refractivity contribution in [3.8, 4) is 0 Å². The van der Waals surface area contributed by atoms with E-state index >= 15 is 0 Å². The summed E-state index contributed by atoms with van der Waals surface area (Å²) in [6.45, 7) is 9.53. The number of morpholine rings is 1. The molecule has 1 fully saturated rings. The van der Waals surface area contributed by atoms with E-state index in [2.05, 4.69) is 17.1 Å². The lowest BCUT2D eigenvalue weighted by Gasteiger charge is -2.26. The van der Waals surface area contributed by atoms with Gasteiger partial charge in [0.1, 0.15) is 0 Å². The molecule has 1 aliphatic rings. The van der Waals surface area contributed by atoms with Crippen molar-refractivity contribution in [3.63, 3.8) is 0 Å². The second-order valence-corrected chi connectivity index (χ2v) is 4.91. The van der Waals surface area contributed by atoms with Crippen molar-refractivity contribution in [1.29, 1.82) is 0 Å². The number of halogens is 1. The molecule has 3 nitrogen and oxygen atoms in total. The number of nitrogens with zero attached hydrogens (tertiary/aromatic N) is 1. The monoisotopic (exact) mass is 248 g/mol. The van der Waals surface area contributed by atoms with Gasteiger partial charge in [0, 0.05) is 32.1 Å². The maximum atomic E-state index is 5.75. The van der Waals surface area contributed by atoms with E-state index in [4.69, 9.17) is 16.3 Å². The predicted molar refractivity (Wildman–Crippen MR) is 69.2 cm³/mol. The van der Waals surface area contributed by atoms with Gasteiger partial charge in [0.25, 0.3) is 0 Å². The van der Waals surface area contributed by atoms with Crippen LogP contribution in [0, 0.1) is 5.92 Å². The van der Waals surface area contributed by atoms with Gasteiger partial charge in [-0.25, -0.2) is 0 Å². The Morgan fingerprint density at radius 2 is 2.06 bits per heavy atom. The Labute approximate surface area is 104 Å². The molecule has 0 saturated carbocycles. The van der Waals surface area contributed by atoms with Crippen LogP contribution in [-0.4, -0.2) is 56.7 Å². The van der Waals surface area contributed by atoms with Crippen LogP contribution in [-0.2, 0) is 4.74 Å². The molecule has 16 heavy (non-hydrogen) atoms. The lowest BCUT2D eigenvalue weighted by Crippen LogP contribution is -2.40. The maximum absolute atomic E-state index is 5.75. The summed E-state index contributed by atoms with van der Waals surface area (Å²) in [5, 5.41) is 3.49. The van der Waals surface area contributed by atoms with E-state index in [1.807, 2.05) is 0 Å².